The molecule has 1 heterocycles. The summed E-state index contributed by atoms with van der Waals surface area (Å²) in [6, 6.07) is 10.9. The molecule has 3 N–H and O–H groups in total. The number of Topliss-reactive ketones (excluding diaryl/α,β-unsaturated/α-hetero) is 1. The number of allylic oxidation sites excluding steroid dienone is 3. The maximum absolute atomic E-state index is 13.2. The Kier molecular flexibility index (Phi) is 5.32. The molecule has 0 radical (unpaired) electrons. The highest BCUT2D eigenvalue weighted by atomic mass is 19.4. The van der Waals surface area contributed by atoms with Crippen LogP contribution in [0, 0.1) is 0 Å². The highest BCUT2D eigenvalue weighted by Gasteiger charge is 2.41. The fourth-order valence-corrected chi connectivity index (χ4v) is 4.54. The second kappa shape index (κ2) is 7.85. The van der Waals surface area contributed by atoms with Crippen molar-refractivity contribution >= 4 is 11.8 Å². The van der Waals surface area contributed by atoms with E-state index in [1.54, 1.807) is 19.1 Å². The lowest BCUT2D eigenvalue weighted by molar-refractivity contribution is -0.137. The van der Waals surface area contributed by atoms with Crippen molar-refractivity contribution in [2.45, 2.75) is 37.8 Å². The number of aliphatic carboxylic acids is 1. The average Bonchev–Trinajstić information content (AvgIpc) is 2.71. The van der Waals surface area contributed by atoms with Gasteiger partial charge in [-0.25, -0.2) is 4.79 Å². The van der Waals surface area contributed by atoms with E-state index in [0.29, 0.717) is 34.5 Å². The number of ketones is 1. The summed E-state index contributed by atoms with van der Waals surface area (Å²) < 4.78 is 38.6. The minimum atomic E-state index is -4.44. The predicted octanol–water partition coefficient (Wildman–Crippen LogP) is 4.86. The van der Waals surface area contributed by atoms with Gasteiger partial charge in [0.15, 0.2) is 5.78 Å². The Bertz CT molecular complexity index is 1160. The van der Waals surface area contributed by atoms with Crippen molar-refractivity contribution < 1.29 is 33.0 Å². The van der Waals surface area contributed by atoms with E-state index >= 15 is 0 Å². The van der Waals surface area contributed by atoms with Crippen LogP contribution in [0.1, 0.15) is 48.3 Å². The molecule has 2 atom stereocenters. The molecule has 0 saturated carbocycles. The zero-order valence-corrected chi connectivity index (χ0v) is 17.0. The monoisotopic (exact) mass is 443 g/mol. The second-order valence-electron chi connectivity index (χ2n) is 8.04. The zero-order chi connectivity index (χ0) is 23.2. The quantitative estimate of drug-likeness (QED) is 0.631. The summed E-state index contributed by atoms with van der Waals surface area (Å²) in [5, 5.41) is 22.8. The van der Waals surface area contributed by atoms with Crippen LogP contribution >= 0.6 is 0 Å². The van der Waals surface area contributed by atoms with Crippen molar-refractivity contribution in [3.05, 3.63) is 87.8 Å². The van der Waals surface area contributed by atoms with Gasteiger partial charge in [0.2, 0.25) is 0 Å². The van der Waals surface area contributed by atoms with Crippen molar-refractivity contribution in [1.82, 2.24) is 5.32 Å². The Morgan fingerprint density at radius 1 is 1.06 bits per heavy atom. The molecule has 0 amide bonds. The summed E-state index contributed by atoms with van der Waals surface area (Å²) in [6.45, 7) is 1.61. The van der Waals surface area contributed by atoms with Gasteiger partial charge in [-0.15, -0.1) is 0 Å². The molecule has 0 saturated heterocycles. The maximum atomic E-state index is 13.2. The molecule has 0 fully saturated rings. The van der Waals surface area contributed by atoms with Crippen LogP contribution in [-0.4, -0.2) is 22.0 Å². The number of rotatable bonds is 3. The third-order valence-electron chi connectivity index (χ3n) is 5.97. The number of hydrogen-bond acceptors (Lipinski definition) is 4. The number of phenolic OH excluding ortho intramolecular Hbond substituents is 1. The van der Waals surface area contributed by atoms with Crippen molar-refractivity contribution in [2.24, 2.45) is 0 Å². The minimum Gasteiger partial charge on any atom is -0.508 e. The molecule has 32 heavy (non-hydrogen) atoms. The van der Waals surface area contributed by atoms with E-state index in [1.165, 1.54) is 24.3 Å². The van der Waals surface area contributed by atoms with Crippen molar-refractivity contribution in [2.75, 3.05) is 0 Å². The van der Waals surface area contributed by atoms with Gasteiger partial charge in [-0.1, -0.05) is 24.3 Å². The number of aromatic hydroxyl groups is 1. The van der Waals surface area contributed by atoms with Crippen LogP contribution in [-0.2, 0) is 15.8 Å². The standard InChI is InChI=1S/C24H20F3NO4/c1-12-20(23(31)32)21(14-3-2-4-17(29)9-14)22-18(28-12)10-15(11-19(22)30)13-5-7-16(8-6-13)24(25,26)27/h2-9,15,21,28-29H,10-11H2,1H3,(H,31,32). The van der Waals surface area contributed by atoms with Crippen LogP contribution in [0.15, 0.2) is 71.1 Å². The predicted molar refractivity (Wildman–Crippen MR) is 110 cm³/mol. The van der Waals surface area contributed by atoms with Gasteiger partial charge in [0.1, 0.15) is 5.75 Å². The van der Waals surface area contributed by atoms with Gasteiger partial charge in [-0.3, -0.25) is 4.79 Å². The summed E-state index contributed by atoms with van der Waals surface area (Å²) in [7, 11) is 0. The molecule has 2 unspecified atom stereocenters. The lowest BCUT2D eigenvalue weighted by Crippen LogP contribution is -2.35. The normalized spacial score (nSPS) is 21.3. The first-order valence-electron chi connectivity index (χ1n) is 9.99. The number of carbonyl (C=O) groups excluding carboxylic acids is 1. The van der Waals surface area contributed by atoms with Gasteiger partial charge < -0.3 is 15.5 Å². The SMILES string of the molecule is CC1=C(C(=O)O)C(c2cccc(O)c2)C2=C(CC(c3ccc(C(F)(F)F)cc3)CC2=O)N1. The first-order valence-corrected chi connectivity index (χ1v) is 9.99. The van der Waals surface area contributed by atoms with Crippen LogP contribution in [0.2, 0.25) is 0 Å². The molecule has 2 aromatic carbocycles. The lowest BCUT2D eigenvalue weighted by atomic mass is 9.71. The number of halogens is 3. The number of phenols is 1. The molecular weight excluding hydrogens is 423 g/mol. The molecule has 1 aliphatic carbocycles. The molecule has 2 aliphatic rings. The van der Waals surface area contributed by atoms with Gasteiger partial charge in [0.05, 0.1) is 11.1 Å². The van der Waals surface area contributed by atoms with Crippen molar-refractivity contribution in [3.8, 4) is 5.75 Å². The molecule has 0 spiro atoms. The van der Waals surface area contributed by atoms with E-state index in [4.69, 9.17) is 0 Å². The number of carbonyl (C=O) groups is 2. The lowest BCUT2D eigenvalue weighted by Gasteiger charge is -2.36. The van der Waals surface area contributed by atoms with Crippen LogP contribution in [0.3, 0.4) is 0 Å². The fraction of sp³-hybridized carbons (Fsp3) is 0.250. The Morgan fingerprint density at radius 3 is 2.34 bits per heavy atom. The fourth-order valence-electron chi connectivity index (χ4n) is 4.54. The van der Waals surface area contributed by atoms with E-state index in [1.807, 2.05) is 0 Å². The highest BCUT2D eigenvalue weighted by Crippen LogP contribution is 2.46. The largest absolute Gasteiger partial charge is 0.508 e. The molecule has 2 aromatic rings. The van der Waals surface area contributed by atoms with Crippen LogP contribution in [0.25, 0.3) is 0 Å². The van der Waals surface area contributed by atoms with Gasteiger partial charge >= 0.3 is 12.1 Å². The number of dihydropyridines is 1. The van der Waals surface area contributed by atoms with Crippen LogP contribution < -0.4 is 5.32 Å². The van der Waals surface area contributed by atoms with Gasteiger partial charge in [0, 0.05) is 29.3 Å². The zero-order valence-electron chi connectivity index (χ0n) is 17.0. The molecular formula is C24H20F3NO4. The summed E-state index contributed by atoms with van der Waals surface area (Å²) in [6.07, 6.45) is -4.04. The molecule has 0 aromatic heterocycles. The van der Waals surface area contributed by atoms with Gasteiger partial charge in [-0.2, -0.15) is 13.2 Å². The number of benzene rings is 2. The third-order valence-corrected chi connectivity index (χ3v) is 5.97. The number of carboxylic acid groups (broad SMARTS) is 1. The van der Waals surface area contributed by atoms with E-state index in [9.17, 15) is 33.0 Å². The Labute approximate surface area is 181 Å². The second-order valence-corrected chi connectivity index (χ2v) is 8.04. The number of hydrogen-bond donors (Lipinski definition) is 3. The number of nitrogens with one attached hydrogen (secondary N) is 1. The average molecular weight is 443 g/mol. The Morgan fingerprint density at radius 2 is 1.75 bits per heavy atom. The van der Waals surface area contributed by atoms with E-state index in [0.717, 1.165) is 12.1 Å². The molecule has 0 bridgehead atoms. The van der Waals surface area contributed by atoms with E-state index in [2.05, 4.69) is 5.32 Å². The van der Waals surface area contributed by atoms with E-state index in [-0.39, 0.29) is 29.4 Å². The highest BCUT2D eigenvalue weighted by molar-refractivity contribution is 6.03. The topological polar surface area (TPSA) is 86.6 Å². The first kappa shape index (κ1) is 21.7. The molecule has 1 aliphatic heterocycles. The van der Waals surface area contributed by atoms with Gasteiger partial charge in [-0.05, 0) is 54.7 Å². The van der Waals surface area contributed by atoms with Crippen LogP contribution in [0.5, 0.6) is 5.75 Å². The Hall–Kier alpha value is -3.55. The number of alkyl halides is 3. The summed E-state index contributed by atoms with van der Waals surface area (Å²) in [5.74, 6) is -2.68. The maximum Gasteiger partial charge on any atom is 0.416 e. The van der Waals surface area contributed by atoms with E-state index < -0.39 is 23.6 Å². The minimum absolute atomic E-state index is 0.0238. The van der Waals surface area contributed by atoms with Crippen molar-refractivity contribution in [3.63, 3.8) is 0 Å². The Balaban J connectivity index is 1.74. The van der Waals surface area contributed by atoms with Crippen molar-refractivity contribution in [1.29, 1.82) is 0 Å². The number of carboxylic acids is 1. The molecule has 166 valence electrons. The third kappa shape index (κ3) is 3.88. The first-order chi connectivity index (χ1) is 15.1. The summed E-state index contributed by atoms with van der Waals surface area (Å²) in [5.41, 5.74) is 1.62. The molecule has 4 rings (SSSR count). The molecule has 8 heteroatoms. The summed E-state index contributed by atoms with van der Waals surface area (Å²) in [4.78, 5) is 25.3. The van der Waals surface area contributed by atoms with Crippen LogP contribution in [0.4, 0.5) is 13.2 Å². The summed E-state index contributed by atoms with van der Waals surface area (Å²) >= 11 is 0. The molecule has 5 nitrogen and oxygen atoms in total. The van der Waals surface area contributed by atoms with Gasteiger partial charge in [0.25, 0.3) is 0 Å². The smallest absolute Gasteiger partial charge is 0.416 e.